The van der Waals surface area contributed by atoms with Crippen molar-refractivity contribution in [3.8, 4) is 11.3 Å². The molecular formula is C15H16ClN3O3. The van der Waals surface area contributed by atoms with E-state index in [1.165, 1.54) is 11.1 Å². The van der Waals surface area contributed by atoms with Crippen molar-refractivity contribution in [3.05, 3.63) is 41.0 Å². The molecule has 2 aromatic rings. The van der Waals surface area contributed by atoms with Crippen LogP contribution in [0.3, 0.4) is 0 Å². The first kappa shape index (κ1) is 16.0. The summed E-state index contributed by atoms with van der Waals surface area (Å²) in [6.07, 6.45) is 1.42. The lowest BCUT2D eigenvalue weighted by Crippen LogP contribution is -2.33. The number of hydrogen-bond acceptors (Lipinski definition) is 3. The molecule has 0 aliphatic carbocycles. The van der Waals surface area contributed by atoms with Crippen molar-refractivity contribution in [1.82, 2.24) is 15.1 Å². The van der Waals surface area contributed by atoms with E-state index in [1.807, 2.05) is 6.07 Å². The highest BCUT2D eigenvalue weighted by Gasteiger charge is 2.23. The number of aromatic nitrogens is 2. The Morgan fingerprint density at radius 2 is 2.09 bits per heavy atom. The molecule has 1 atom stereocenters. The zero-order valence-corrected chi connectivity index (χ0v) is 13.0. The highest BCUT2D eigenvalue weighted by molar-refractivity contribution is 6.33. The highest BCUT2D eigenvalue weighted by Crippen LogP contribution is 2.29. The molecule has 2 rings (SSSR count). The van der Waals surface area contributed by atoms with Crippen molar-refractivity contribution in [3.63, 3.8) is 0 Å². The summed E-state index contributed by atoms with van der Waals surface area (Å²) in [5.74, 6) is -1.90. The second kappa shape index (κ2) is 6.62. The number of aliphatic carboxylic acids is 1. The largest absolute Gasteiger partial charge is 0.481 e. The molecule has 1 unspecified atom stereocenters. The third-order valence-electron chi connectivity index (χ3n) is 3.33. The van der Waals surface area contributed by atoms with E-state index in [0.717, 1.165) is 0 Å². The van der Waals surface area contributed by atoms with Gasteiger partial charge in [0.1, 0.15) is 0 Å². The lowest BCUT2D eigenvalue weighted by atomic mass is 10.1. The average Bonchev–Trinajstić information content (AvgIpc) is 2.95. The van der Waals surface area contributed by atoms with Crippen LogP contribution in [-0.4, -0.2) is 45.7 Å². The Balaban J connectivity index is 2.27. The van der Waals surface area contributed by atoms with Gasteiger partial charge in [-0.3, -0.25) is 14.7 Å². The van der Waals surface area contributed by atoms with E-state index in [-0.39, 0.29) is 12.5 Å². The van der Waals surface area contributed by atoms with Gasteiger partial charge in [0, 0.05) is 24.2 Å². The Hall–Kier alpha value is -2.34. The number of H-pyrrole nitrogens is 1. The van der Waals surface area contributed by atoms with Crippen molar-refractivity contribution < 1.29 is 14.7 Å². The summed E-state index contributed by atoms with van der Waals surface area (Å²) in [6, 6.07) is 7.12. The number of benzene rings is 1. The first-order valence-electron chi connectivity index (χ1n) is 6.68. The van der Waals surface area contributed by atoms with Crippen molar-refractivity contribution >= 4 is 23.5 Å². The molecule has 0 fully saturated rings. The standard InChI is InChI=1S/C15H16ClN3O3/c1-9(15(21)22)8-19(2)14(20)11-7-17-18-13(11)10-5-3-4-6-12(10)16/h3-7,9H,8H2,1-2H3,(H,17,18)(H,21,22). The maximum atomic E-state index is 12.5. The third-order valence-corrected chi connectivity index (χ3v) is 3.66. The topological polar surface area (TPSA) is 86.3 Å². The van der Waals surface area contributed by atoms with Gasteiger partial charge in [0.05, 0.1) is 23.4 Å². The summed E-state index contributed by atoms with van der Waals surface area (Å²) >= 11 is 6.15. The molecule has 7 heteroatoms. The summed E-state index contributed by atoms with van der Waals surface area (Å²) in [5.41, 5.74) is 1.54. The number of aromatic amines is 1. The molecule has 1 amide bonds. The zero-order chi connectivity index (χ0) is 16.3. The molecule has 1 heterocycles. The number of rotatable bonds is 5. The van der Waals surface area contributed by atoms with Gasteiger partial charge in [0.2, 0.25) is 0 Å². The molecule has 0 bridgehead atoms. The minimum Gasteiger partial charge on any atom is -0.481 e. The number of hydrogen-bond donors (Lipinski definition) is 2. The number of halogens is 1. The smallest absolute Gasteiger partial charge is 0.308 e. The molecule has 116 valence electrons. The summed E-state index contributed by atoms with van der Waals surface area (Å²) in [5, 5.41) is 16.1. The summed E-state index contributed by atoms with van der Waals surface area (Å²) < 4.78 is 0. The Kier molecular flexibility index (Phi) is 4.82. The number of nitrogens with zero attached hydrogens (tertiary/aromatic N) is 2. The van der Waals surface area contributed by atoms with E-state index in [4.69, 9.17) is 16.7 Å². The van der Waals surface area contributed by atoms with Crippen LogP contribution in [-0.2, 0) is 4.79 Å². The van der Waals surface area contributed by atoms with Crippen LogP contribution < -0.4 is 0 Å². The van der Waals surface area contributed by atoms with Crippen molar-refractivity contribution in [1.29, 1.82) is 0 Å². The van der Waals surface area contributed by atoms with Gasteiger partial charge in [-0.15, -0.1) is 0 Å². The van der Waals surface area contributed by atoms with Crippen LogP contribution in [0, 0.1) is 5.92 Å². The van der Waals surface area contributed by atoms with E-state index in [9.17, 15) is 9.59 Å². The Bertz CT molecular complexity index is 699. The van der Waals surface area contributed by atoms with Crippen LogP contribution in [0.1, 0.15) is 17.3 Å². The van der Waals surface area contributed by atoms with Crippen LogP contribution in [0.4, 0.5) is 0 Å². The normalized spacial score (nSPS) is 12.0. The van der Waals surface area contributed by atoms with Gasteiger partial charge < -0.3 is 10.0 Å². The van der Waals surface area contributed by atoms with E-state index < -0.39 is 11.9 Å². The quantitative estimate of drug-likeness (QED) is 0.886. The third kappa shape index (κ3) is 3.28. The number of carboxylic acids is 1. The second-order valence-electron chi connectivity index (χ2n) is 5.06. The minimum atomic E-state index is -0.946. The van der Waals surface area contributed by atoms with Gasteiger partial charge in [-0.1, -0.05) is 36.7 Å². The molecule has 0 spiro atoms. The predicted octanol–water partition coefficient (Wildman–Crippen LogP) is 2.52. The number of carboxylic acid groups (broad SMARTS) is 1. The van der Waals surface area contributed by atoms with Crippen LogP contribution in [0.5, 0.6) is 0 Å². The Labute approximate surface area is 132 Å². The molecule has 0 saturated heterocycles. The summed E-state index contributed by atoms with van der Waals surface area (Å²) in [7, 11) is 1.56. The number of nitrogens with one attached hydrogen (secondary N) is 1. The van der Waals surface area contributed by atoms with Crippen LogP contribution in [0.2, 0.25) is 5.02 Å². The lowest BCUT2D eigenvalue weighted by Gasteiger charge is -2.19. The monoisotopic (exact) mass is 321 g/mol. The maximum absolute atomic E-state index is 12.5. The second-order valence-corrected chi connectivity index (χ2v) is 5.47. The lowest BCUT2D eigenvalue weighted by molar-refractivity contribution is -0.141. The van der Waals surface area contributed by atoms with E-state index in [2.05, 4.69) is 10.2 Å². The fourth-order valence-corrected chi connectivity index (χ4v) is 2.33. The first-order valence-corrected chi connectivity index (χ1v) is 7.06. The minimum absolute atomic E-state index is 0.112. The zero-order valence-electron chi connectivity index (χ0n) is 12.2. The molecule has 6 nitrogen and oxygen atoms in total. The van der Waals surface area contributed by atoms with E-state index in [1.54, 1.807) is 32.2 Å². The van der Waals surface area contributed by atoms with Crippen LogP contribution >= 0.6 is 11.6 Å². The summed E-state index contributed by atoms with van der Waals surface area (Å²) in [6.45, 7) is 1.66. The number of carbonyl (C=O) groups excluding carboxylic acids is 1. The average molecular weight is 322 g/mol. The van der Waals surface area contributed by atoms with Crippen molar-refractivity contribution in [2.45, 2.75) is 6.92 Å². The van der Waals surface area contributed by atoms with Gasteiger partial charge in [0.15, 0.2) is 0 Å². The molecule has 0 saturated carbocycles. The van der Waals surface area contributed by atoms with Crippen molar-refractivity contribution in [2.75, 3.05) is 13.6 Å². The number of amides is 1. The van der Waals surface area contributed by atoms with Gasteiger partial charge in [-0.05, 0) is 6.07 Å². The molecule has 22 heavy (non-hydrogen) atoms. The Morgan fingerprint density at radius 1 is 1.41 bits per heavy atom. The Morgan fingerprint density at radius 3 is 2.73 bits per heavy atom. The van der Waals surface area contributed by atoms with E-state index in [0.29, 0.717) is 21.8 Å². The van der Waals surface area contributed by atoms with Gasteiger partial charge >= 0.3 is 5.97 Å². The van der Waals surface area contributed by atoms with Gasteiger partial charge in [-0.2, -0.15) is 5.10 Å². The molecule has 0 aliphatic rings. The van der Waals surface area contributed by atoms with Gasteiger partial charge in [-0.25, -0.2) is 0 Å². The molecule has 1 aromatic carbocycles. The number of carbonyl (C=O) groups is 2. The maximum Gasteiger partial charge on any atom is 0.308 e. The fraction of sp³-hybridized carbons (Fsp3) is 0.267. The fourth-order valence-electron chi connectivity index (χ4n) is 2.09. The van der Waals surface area contributed by atoms with Gasteiger partial charge in [0.25, 0.3) is 5.91 Å². The highest BCUT2D eigenvalue weighted by atomic mass is 35.5. The van der Waals surface area contributed by atoms with Crippen LogP contribution in [0.15, 0.2) is 30.5 Å². The molecule has 0 radical (unpaired) electrons. The molecule has 0 aliphatic heterocycles. The van der Waals surface area contributed by atoms with Crippen LogP contribution in [0.25, 0.3) is 11.3 Å². The van der Waals surface area contributed by atoms with E-state index >= 15 is 0 Å². The molecular weight excluding hydrogens is 306 g/mol. The first-order chi connectivity index (χ1) is 10.4. The summed E-state index contributed by atoms with van der Waals surface area (Å²) in [4.78, 5) is 24.8. The molecule has 2 N–H and O–H groups in total. The SMILES string of the molecule is CC(CN(C)C(=O)c1cn[nH]c1-c1ccccc1Cl)C(=O)O. The predicted molar refractivity (Wildman–Crippen MR) is 82.8 cm³/mol. The molecule has 1 aromatic heterocycles. The van der Waals surface area contributed by atoms with Crippen molar-refractivity contribution in [2.24, 2.45) is 5.92 Å².